The molecule has 1 saturated carbocycles. The SMILES string of the molecule is O=C(Nc1c(F)cc(F)cc1Cl)N(CCO)C1CC1. The molecule has 1 aliphatic rings. The first kappa shape index (κ1) is 14.0. The van der Waals surface area contributed by atoms with Crippen LogP contribution in [-0.2, 0) is 0 Å². The molecule has 1 aliphatic carbocycles. The molecule has 4 nitrogen and oxygen atoms in total. The van der Waals surface area contributed by atoms with E-state index >= 15 is 0 Å². The largest absolute Gasteiger partial charge is 0.395 e. The Balaban J connectivity index is 2.13. The average molecular weight is 291 g/mol. The van der Waals surface area contributed by atoms with Gasteiger partial charge in [-0.25, -0.2) is 13.6 Å². The lowest BCUT2D eigenvalue weighted by Gasteiger charge is -2.22. The van der Waals surface area contributed by atoms with Crippen LogP contribution in [-0.4, -0.2) is 35.2 Å². The van der Waals surface area contributed by atoms with Crippen LogP contribution in [0, 0.1) is 11.6 Å². The fourth-order valence-electron chi connectivity index (χ4n) is 1.78. The third kappa shape index (κ3) is 3.33. The van der Waals surface area contributed by atoms with Gasteiger partial charge in [0.2, 0.25) is 0 Å². The van der Waals surface area contributed by atoms with Crippen molar-refractivity contribution in [3.63, 3.8) is 0 Å². The molecule has 19 heavy (non-hydrogen) atoms. The van der Waals surface area contributed by atoms with Crippen LogP contribution >= 0.6 is 11.6 Å². The van der Waals surface area contributed by atoms with E-state index < -0.39 is 17.7 Å². The summed E-state index contributed by atoms with van der Waals surface area (Å²) < 4.78 is 26.4. The minimum atomic E-state index is -0.932. The lowest BCUT2D eigenvalue weighted by Crippen LogP contribution is -2.39. The van der Waals surface area contributed by atoms with Crippen LogP contribution in [0.25, 0.3) is 0 Å². The first-order valence-corrected chi connectivity index (χ1v) is 6.23. The molecule has 0 aromatic heterocycles. The number of carbonyl (C=O) groups excluding carboxylic acids is 1. The Labute approximate surface area is 114 Å². The number of rotatable bonds is 4. The van der Waals surface area contributed by atoms with Gasteiger partial charge in [0.05, 0.1) is 17.3 Å². The second kappa shape index (κ2) is 5.71. The van der Waals surface area contributed by atoms with Gasteiger partial charge in [-0.1, -0.05) is 11.6 Å². The molecule has 1 fully saturated rings. The van der Waals surface area contributed by atoms with E-state index in [-0.39, 0.29) is 29.9 Å². The van der Waals surface area contributed by atoms with Crippen molar-refractivity contribution in [2.45, 2.75) is 18.9 Å². The number of aliphatic hydroxyl groups is 1. The molecule has 0 saturated heterocycles. The standard InChI is InChI=1S/C12H13ClF2N2O2/c13-9-5-7(14)6-10(15)11(9)16-12(19)17(3-4-18)8-1-2-8/h5-6,8,18H,1-4H2,(H,16,19). The Morgan fingerprint density at radius 1 is 1.47 bits per heavy atom. The summed E-state index contributed by atoms with van der Waals surface area (Å²) in [7, 11) is 0. The molecule has 0 bridgehead atoms. The Morgan fingerprint density at radius 2 is 2.16 bits per heavy atom. The fourth-order valence-corrected chi connectivity index (χ4v) is 2.03. The van der Waals surface area contributed by atoms with Crippen LogP contribution < -0.4 is 5.32 Å². The van der Waals surface area contributed by atoms with Crippen molar-refractivity contribution in [1.29, 1.82) is 0 Å². The molecule has 2 amide bonds. The molecule has 7 heteroatoms. The molecule has 104 valence electrons. The molecule has 1 aromatic rings. The van der Waals surface area contributed by atoms with Gasteiger partial charge in [0, 0.05) is 18.7 Å². The highest BCUT2D eigenvalue weighted by atomic mass is 35.5. The van der Waals surface area contributed by atoms with Gasteiger partial charge < -0.3 is 15.3 Å². The summed E-state index contributed by atoms with van der Waals surface area (Å²) in [5, 5.41) is 11.0. The lowest BCUT2D eigenvalue weighted by molar-refractivity contribution is 0.185. The number of carbonyl (C=O) groups is 1. The Morgan fingerprint density at radius 3 is 2.68 bits per heavy atom. The van der Waals surface area contributed by atoms with Crippen molar-refractivity contribution in [3.05, 3.63) is 28.8 Å². The molecular formula is C12H13ClF2N2O2. The third-order valence-electron chi connectivity index (χ3n) is 2.83. The van der Waals surface area contributed by atoms with Crippen molar-refractivity contribution in [1.82, 2.24) is 4.90 Å². The zero-order chi connectivity index (χ0) is 14.0. The highest BCUT2D eigenvalue weighted by Crippen LogP contribution is 2.30. The monoisotopic (exact) mass is 290 g/mol. The molecule has 0 spiro atoms. The zero-order valence-corrected chi connectivity index (χ0v) is 10.8. The van der Waals surface area contributed by atoms with Crippen molar-refractivity contribution >= 4 is 23.3 Å². The number of benzene rings is 1. The van der Waals surface area contributed by atoms with E-state index in [9.17, 15) is 13.6 Å². The summed E-state index contributed by atoms with van der Waals surface area (Å²) in [5.41, 5.74) is -0.253. The summed E-state index contributed by atoms with van der Waals surface area (Å²) in [6, 6.07) is 1.08. The van der Waals surface area contributed by atoms with Gasteiger partial charge in [0.15, 0.2) is 5.82 Å². The number of amides is 2. The van der Waals surface area contributed by atoms with E-state index in [2.05, 4.69) is 5.32 Å². The Hall–Kier alpha value is -1.40. The minimum absolute atomic E-state index is 0.0643. The van der Waals surface area contributed by atoms with Gasteiger partial charge in [-0.05, 0) is 18.9 Å². The number of anilines is 1. The summed E-state index contributed by atoms with van der Waals surface area (Å²) in [4.78, 5) is 13.4. The van der Waals surface area contributed by atoms with Gasteiger partial charge in [0.1, 0.15) is 5.82 Å². The second-order valence-corrected chi connectivity index (χ2v) is 4.73. The number of nitrogens with one attached hydrogen (secondary N) is 1. The maximum absolute atomic E-state index is 13.5. The number of hydrogen-bond donors (Lipinski definition) is 2. The van der Waals surface area contributed by atoms with E-state index in [1.165, 1.54) is 4.90 Å². The van der Waals surface area contributed by atoms with Crippen molar-refractivity contribution in [2.24, 2.45) is 0 Å². The summed E-state index contributed by atoms with van der Waals surface area (Å²) in [5.74, 6) is -1.74. The highest BCUT2D eigenvalue weighted by molar-refractivity contribution is 6.33. The van der Waals surface area contributed by atoms with E-state index in [1.54, 1.807) is 0 Å². The van der Waals surface area contributed by atoms with E-state index in [0.29, 0.717) is 6.07 Å². The average Bonchev–Trinajstić information content (AvgIpc) is 3.14. The smallest absolute Gasteiger partial charge is 0.322 e. The number of hydrogen-bond acceptors (Lipinski definition) is 2. The highest BCUT2D eigenvalue weighted by Gasteiger charge is 2.32. The third-order valence-corrected chi connectivity index (χ3v) is 3.13. The molecule has 0 radical (unpaired) electrons. The zero-order valence-electron chi connectivity index (χ0n) is 10.00. The van der Waals surface area contributed by atoms with Gasteiger partial charge in [-0.15, -0.1) is 0 Å². The number of halogens is 3. The molecule has 2 N–H and O–H groups in total. The van der Waals surface area contributed by atoms with Gasteiger partial charge >= 0.3 is 6.03 Å². The van der Waals surface area contributed by atoms with Crippen LogP contribution in [0.15, 0.2) is 12.1 Å². The first-order chi connectivity index (χ1) is 9.02. The molecule has 0 heterocycles. The van der Waals surface area contributed by atoms with Crippen LogP contribution in [0.3, 0.4) is 0 Å². The maximum Gasteiger partial charge on any atom is 0.322 e. The Kier molecular flexibility index (Phi) is 4.21. The van der Waals surface area contributed by atoms with Crippen molar-refractivity contribution < 1.29 is 18.7 Å². The van der Waals surface area contributed by atoms with E-state index in [1.807, 2.05) is 0 Å². The quantitative estimate of drug-likeness (QED) is 0.895. The van der Waals surface area contributed by atoms with Gasteiger partial charge in [-0.3, -0.25) is 0 Å². The van der Waals surface area contributed by atoms with Crippen LogP contribution in [0.4, 0.5) is 19.3 Å². The second-order valence-electron chi connectivity index (χ2n) is 4.32. The fraction of sp³-hybridized carbons (Fsp3) is 0.417. The maximum atomic E-state index is 13.5. The van der Waals surface area contributed by atoms with Crippen LogP contribution in [0.5, 0.6) is 0 Å². The van der Waals surface area contributed by atoms with Crippen molar-refractivity contribution in [3.8, 4) is 0 Å². The topological polar surface area (TPSA) is 52.6 Å². The summed E-state index contributed by atoms with van der Waals surface area (Å²) >= 11 is 5.69. The Bertz CT molecular complexity index is 472. The number of nitrogens with zero attached hydrogens (tertiary/aromatic N) is 1. The number of aliphatic hydroxyl groups excluding tert-OH is 1. The van der Waals surface area contributed by atoms with Gasteiger partial charge in [0.25, 0.3) is 0 Å². The predicted molar refractivity (Wildman–Crippen MR) is 67.2 cm³/mol. The first-order valence-electron chi connectivity index (χ1n) is 5.86. The van der Waals surface area contributed by atoms with Crippen LogP contribution in [0.1, 0.15) is 12.8 Å². The molecule has 0 atom stereocenters. The van der Waals surface area contributed by atoms with Gasteiger partial charge in [-0.2, -0.15) is 0 Å². The molecule has 1 aromatic carbocycles. The van der Waals surface area contributed by atoms with E-state index in [4.69, 9.17) is 16.7 Å². The molecule has 0 unspecified atom stereocenters. The summed E-state index contributed by atoms with van der Waals surface area (Å²) in [6.45, 7) is -0.0134. The van der Waals surface area contributed by atoms with E-state index in [0.717, 1.165) is 18.9 Å². The number of urea groups is 1. The normalized spacial score (nSPS) is 14.3. The molecular weight excluding hydrogens is 278 g/mol. The molecule has 2 rings (SSSR count). The van der Waals surface area contributed by atoms with Crippen molar-refractivity contribution in [2.75, 3.05) is 18.5 Å². The summed E-state index contributed by atoms with van der Waals surface area (Å²) in [6.07, 6.45) is 1.71. The molecule has 0 aliphatic heterocycles. The predicted octanol–water partition coefficient (Wildman–Crippen LogP) is 2.61. The lowest BCUT2D eigenvalue weighted by atomic mass is 10.3. The van der Waals surface area contributed by atoms with Crippen LogP contribution in [0.2, 0.25) is 5.02 Å². The minimum Gasteiger partial charge on any atom is -0.395 e.